The third-order valence-electron chi connectivity index (χ3n) is 3.67. The van der Waals surface area contributed by atoms with Gasteiger partial charge in [-0.3, -0.25) is 10.1 Å². The molecule has 0 aliphatic heterocycles. The van der Waals surface area contributed by atoms with Crippen LogP contribution in [0.3, 0.4) is 0 Å². The SMILES string of the molecule is O=[N+]([O-])c1ccc(Cl)c(NC2CCc3cc(F)ccc32)c1. The lowest BCUT2D eigenvalue weighted by atomic mass is 10.1. The van der Waals surface area contributed by atoms with Crippen molar-refractivity contribution in [3.05, 3.63) is 68.5 Å². The van der Waals surface area contributed by atoms with Crippen molar-refractivity contribution in [3.8, 4) is 0 Å². The van der Waals surface area contributed by atoms with Gasteiger partial charge in [-0.15, -0.1) is 0 Å². The summed E-state index contributed by atoms with van der Waals surface area (Å²) in [6, 6.07) is 8.98. The standard InChI is InChI=1S/C15H12ClFN2O2/c16-13-5-3-11(19(20)21)8-15(13)18-14-6-1-9-7-10(17)2-4-12(9)14/h2-5,7-8,14,18H,1,6H2. The van der Waals surface area contributed by atoms with E-state index in [0.29, 0.717) is 10.7 Å². The fraction of sp³-hybridized carbons (Fsp3) is 0.200. The summed E-state index contributed by atoms with van der Waals surface area (Å²) in [5.41, 5.74) is 2.49. The number of hydrogen-bond acceptors (Lipinski definition) is 3. The van der Waals surface area contributed by atoms with Crippen LogP contribution in [0.5, 0.6) is 0 Å². The van der Waals surface area contributed by atoms with Crippen molar-refractivity contribution >= 4 is 23.0 Å². The molecule has 0 spiro atoms. The van der Waals surface area contributed by atoms with Gasteiger partial charge in [-0.05, 0) is 42.2 Å². The predicted octanol–water partition coefficient (Wildman–Crippen LogP) is 4.49. The van der Waals surface area contributed by atoms with Gasteiger partial charge in [-0.2, -0.15) is 0 Å². The second-order valence-corrected chi connectivity index (χ2v) is 5.41. The normalized spacial score (nSPS) is 16.6. The number of halogens is 2. The van der Waals surface area contributed by atoms with Gasteiger partial charge >= 0.3 is 0 Å². The molecule has 1 aliphatic rings. The smallest absolute Gasteiger partial charge is 0.271 e. The quantitative estimate of drug-likeness (QED) is 0.671. The van der Waals surface area contributed by atoms with E-state index in [1.54, 1.807) is 6.07 Å². The van der Waals surface area contributed by atoms with Gasteiger partial charge in [0, 0.05) is 12.1 Å². The average molecular weight is 307 g/mol. The molecule has 0 aromatic heterocycles. The Morgan fingerprint density at radius 1 is 1.29 bits per heavy atom. The van der Waals surface area contributed by atoms with Gasteiger partial charge < -0.3 is 5.32 Å². The zero-order valence-electron chi connectivity index (χ0n) is 11.0. The number of nitrogens with one attached hydrogen (secondary N) is 1. The highest BCUT2D eigenvalue weighted by Crippen LogP contribution is 2.37. The van der Waals surface area contributed by atoms with Crippen molar-refractivity contribution in [2.75, 3.05) is 5.32 Å². The van der Waals surface area contributed by atoms with Crippen molar-refractivity contribution < 1.29 is 9.31 Å². The second-order valence-electron chi connectivity index (χ2n) is 5.00. The zero-order chi connectivity index (χ0) is 15.0. The number of rotatable bonds is 3. The highest BCUT2D eigenvalue weighted by Gasteiger charge is 2.23. The van der Waals surface area contributed by atoms with Crippen LogP contribution in [0.4, 0.5) is 15.8 Å². The van der Waals surface area contributed by atoms with E-state index in [1.807, 2.05) is 0 Å². The molecular formula is C15H12ClFN2O2. The first-order valence-electron chi connectivity index (χ1n) is 6.53. The Hall–Kier alpha value is -2.14. The molecule has 2 aromatic rings. The number of nitro benzene ring substituents is 1. The number of fused-ring (bicyclic) bond motifs is 1. The Morgan fingerprint density at radius 2 is 2.10 bits per heavy atom. The molecule has 1 N–H and O–H groups in total. The van der Waals surface area contributed by atoms with Crippen LogP contribution < -0.4 is 5.32 Å². The maximum absolute atomic E-state index is 13.2. The first-order chi connectivity index (χ1) is 10.0. The number of benzene rings is 2. The summed E-state index contributed by atoms with van der Waals surface area (Å²) in [5, 5.41) is 14.5. The van der Waals surface area contributed by atoms with Gasteiger partial charge in [0.25, 0.3) is 5.69 Å². The first kappa shape index (κ1) is 13.8. The van der Waals surface area contributed by atoms with Gasteiger partial charge in [0.15, 0.2) is 0 Å². The van der Waals surface area contributed by atoms with Gasteiger partial charge in [0.2, 0.25) is 0 Å². The third kappa shape index (κ3) is 2.69. The molecule has 1 atom stereocenters. The average Bonchev–Trinajstić information content (AvgIpc) is 2.83. The van der Waals surface area contributed by atoms with E-state index in [0.717, 1.165) is 24.0 Å². The molecule has 0 fully saturated rings. The van der Waals surface area contributed by atoms with Crippen molar-refractivity contribution in [2.45, 2.75) is 18.9 Å². The number of aryl methyl sites for hydroxylation is 1. The molecule has 0 radical (unpaired) electrons. The number of hydrogen-bond donors (Lipinski definition) is 1. The molecule has 0 heterocycles. The maximum atomic E-state index is 13.2. The molecule has 1 aliphatic carbocycles. The summed E-state index contributed by atoms with van der Waals surface area (Å²) in [7, 11) is 0. The van der Waals surface area contributed by atoms with Crippen LogP contribution in [0.25, 0.3) is 0 Å². The van der Waals surface area contributed by atoms with E-state index in [-0.39, 0.29) is 17.5 Å². The van der Waals surface area contributed by atoms with Gasteiger partial charge in [0.1, 0.15) is 5.82 Å². The molecule has 1 unspecified atom stereocenters. The van der Waals surface area contributed by atoms with E-state index in [2.05, 4.69) is 5.32 Å². The van der Waals surface area contributed by atoms with E-state index in [9.17, 15) is 14.5 Å². The van der Waals surface area contributed by atoms with E-state index in [4.69, 9.17) is 11.6 Å². The monoisotopic (exact) mass is 306 g/mol. The maximum Gasteiger partial charge on any atom is 0.271 e. The third-order valence-corrected chi connectivity index (χ3v) is 4.00. The van der Waals surface area contributed by atoms with Crippen molar-refractivity contribution in [1.29, 1.82) is 0 Å². The Bertz CT molecular complexity index is 721. The highest BCUT2D eigenvalue weighted by atomic mass is 35.5. The first-order valence-corrected chi connectivity index (χ1v) is 6.91. The highest BCUT2D eigenvalue weighted by molar-refractivity contribution is 6.33. The van der Waals surface area contributed by atoms with Crippen molar-refractivity contribution in [3.63, 3.8) is 0 Å². The molecule has 0 saturated heterocycles. The van der Waals surface area contributed by atoms with Crippen LogP contribution in [0.1, 0.15) is 23.6 Å². The topological polar surface area (TPSA) is 55.2 Å². The van der Waals surface area contributed by atoms with E-state index >= 15 is 0 Å². The van der Waals surface area contributed by atoms with Crippen molar-refractivity contribution in [2.24, 2.45) is 0 Å². The van der Waals surface area contributed by atoms with Crippen LogP contribution in [0.2, 0.25) is 5.02 Å². The van der Waals surface area contributed by atoms with Crippen LogP contribution in [-0.2, 0) is 6.42 Å². The predicted molar refractivity (Wildman–Crippen MR) is 79.2 cm³/mol. The fourth-order valence-electron chi connectivity index (χ4n) is 2.66. The minimum Gasteiger partial charge on any atom is -0.377 e. The molecule has 6 heteroatoms. The molecule has 3 rings (SSSR count). The molecule has 0 saturated carbocycles. The van der Waals surface area contributed by atoms with Gasteiger partial charge in [-0.25, -0.2) is 4.39 Å². The summed E-state index contributed by atoms with van der Waals surface area (Å²) < 4.78 is 13.2. The van der Waals surface area contributed by atoms with Crippen LogP contribution >= 0.6 is 11.6 Å². The Balaban J connectivity index is 1.89. The number of non-ortho nitro benzene ring substituents is 1. The van der Waals surface area contributed by atoms with Crippen molar-refractivity contribution in [1.82, 2.24) is 0 Å². The molecule has 21 heavy (non-hydrogen) atoms. The van der Waals surface area contributed by atoms with Crippen LogP contribution in [0, 0.1) is 15.9 Å². The van der Waals surface area contributed by atoms with E-state index in [1.165, 1.54) is 30.3 Å². The lowest BCUT2D eigenvalue weighted by molar-refractivity contribution is -0.384. The number of nitro groups is 1. The Morgan fingerprint density at radius 3 is 2.86 bits per heavy atom. The molecular weight excluding hydrogens is 295 g/mol. The second kappa shape index (κ2) is 5.33. The largest absolute Gasteiger partial charge is 0.377 e. The van der Waals surface area contributed by atoms with Gasteiger partial charge in [0.05, 0.1) is 21.7 Å². The number of nitrogens with zero attached hydrogens (tertiary/aromatic N) is 1. The molecule has 4 nitrogen and oxygen atoms in total. The molecule has 108 valence electrons. The Kier molecular flexibility index (Phi) is 3.51. The Labute approximate surface area is 125 Å². The minimum absolute atomic E-state index is 0.0138. The minimum atomic E-state index is -0.459. The molecule has 0 amide bonds. The van der Waals surface area contributed by atoms with E-state index < -0.39 is 4.92 Å². The van der Waals surface area contributed by atoms with Crippen LogP contribution in [-0.4, -0.2) is 4.92 Å². The summed E-state index contributed by atoms with van der Waals surface area (Å²) in [4.78, 5) is 10.4. The van der Waals surface area contributed by atoms with Crippen LogP contribution in [0.15, 0.2) is 36.4 Å². The summed E-state index contributed by atoms with van der Waals surface area (Å²) >= 11 is 6.09. The molecule has 0 bridgehead atoms. The zero-order valence-corrected chi connectivity index (χ0v) is 11.7. The summed E-state index contributed by atoms with van der Waals surface area (Å²) in [6.07, 6.45) is 1.58. The van der Waals surface area contributed by atoms with Gasteiger partial charge in [-0.1, -0.05) is 17.7 Å². The lowest BCUT2D eigenvalue weighted by Gasteiger charge is -2.16. The molecule has 2 aromatic carbocycles. The lowest BCUT2D eigenvalue weighted by Crippen LogP contribution is -2.07. The summed E-state index contributed by atoms with van der Waals surface area (Å²) in [6.45, 7) is 0. The summed E-state index contributed by atoms with van der Waals surface area (Å²) in [5.74, 6) is -0.247. The fourth-order valence-corrected chi connectivity index (χ4v) is 2.83. The number of anilines is 1.